The van der Waals surface area contributed by atoms with Crippen LogP contribution in [0.1, 0.15) is 4.88 Å². The molecule has 0 aliphatic heterocycles. The Morgan fingerprint density at radius 3 is 3.14 bits per heavy atom. The van der Waals surface area contributed by atoms with Gasteiger partial charge >= 0.3 is 0 Å². The largest absolute Gasteiger partial charge is 0.306 e. The molecular weight excluding hydrogens is 220 g/mol. The van der Waals surface area contributed by atoms with E-state index in [-0.39, 0.29) is 10.7 Å². The van der Waals surface area contributed by atoms with E-state index in [1.807, 2.05) is 17.5 Å². The van der Waals surface area contributed by atoms with Crippen molar-refractivity contribution in [1.82, 2.24) is 9.55 Å². The van der Waals surface area contributed by atoms with Gasteiger partial charge in [-0.25, -0.2) is 4.98 Å². The number of hydrogen-bond acceptors (Lipinski definition) is 3. The molecule has 0 fully saturated rings. The van der Waals surface area contributed by atoms with Crippen molar-refractivity contribution in [3.8, 4) is 0 Å². The highest BCUT2D eigenvalue weighted by atomic mass is 35.5. The van der Waals surface area contributed by atoms with Crippen molar-refractivity contribution >= 4 is 22.9 Å². The molecule has 0 aliphatic carbocycles. The van der Waals surface area contributed by atoms with Crippen molar-refractivity contribution in [2.24, 2.45) is 0 Å². The topological polar surface area (TPSA) is 34.9 Å². The molecule has 0 unspecified atom stereocenters. The Labute approximate surface area is 89.6 Å². The quantitative estimate of drug-likeness (QED) is 0.785. The van der Waals surface area contributed by atoms with Crippen LogP contribution in [0, 0.1) is 0 Å². The Morgan fingerprint density at radius 1 is 1.57 bits per heavy atom. The van der Waals surface area contributed by atoms with E-state index in [0.29, 0.717) is 6.54 Å². The van der Waals surface area contributed by atoms with Gasteiger partial charge in [-0.2, -0.15) is 0 Å². The third-order valence-electron chi connectivity index (χ3n) is 1.78. The zero-order chi connectivity index (χ0) is 9.97. The van der Waals surface area contributed by atoms with Gasteiger partial charge in [-0.15, -0.1) is 11.3 Å². The standard InChI is InChI=1S/C9H7ClN2OS/c10-8-9(13)12(4-3-11-8)6-7-2-1-5-14-7/h1-5H,6H2. The summed E-state index contributed by atoms with van der Waals surface area (Å²) < 4.78 is 1.54. The summed E-state index contributed by atoms with van der Waals surface area (Å²) in [5, 5.41) is 1.99. The van der Waals surface area contributed by atoms with Crippen LogP contribution in [0.4, 0.5) is 0 Å². The highest BCUT2D eigenvalue weighted by molar-refractivity contribution is 7.09. The lowest BCUT2D eigenvalue weighted by atomic mass is 10.4. The first-order valence-corrected chi connectivity index (χ1v) is 5.26. The fraction of sp³-hybridized carbons (Fsp3) is 0.111. The minimum Gasteiger partial charge on any atom is -0.306 e. The summed E-state index contributed by atoms with van der Waals surface area (Å²) in [5.41, 5.74) is -0.248. The molecule has 2 heterocycles. The van der Waals surface area contributed by atoms with Gasteiger partial charge in [-0.3, -0.25) is 4.79 Å². The summed E-state index contributed by atoms with van der Waals surface area (Å²) in [7, 11) is 0. The van der Waals surface area contributed by atoms with Gasteiger partial charge in [-0.1, -0.05) is 17.7 Å². The minimum absolute atomic E-state index is 0.0176. The molecule has 72 valence electrons. The van der Waals surface area contributed by atoms with Crippen molar-refractivity contribution in [2.45, 2.75) is 6.54 Å². The molecule has 0 atom stereocenters. The molecule has 0 spiro atoms. The Hall–Kier alpha value is -1.13. The van der Waals surface area contributed by atoms with Crippen molar-refractivity contribution in [2.75, 3.05) is 0 Å². The first kappa shape index (κ1) is 9.43. The predicted molar refractivity (Wildman–Crippen MR) is 56.9 cm³/mol. The van der Waals surface area contributed by atoms with Crippen LogP contribution in [-0.2, 0) is 6.54 Å². The zero-order valence-electron chi connectivity index (χ0n) is 7.18. The van der Waals surface area contributed by atoms with Gasteiger partial charge in [0, 0.05) is 17.3 Å². The molecular formula is C9H7ClN2OS. The summed E-state index contributed by atoms with van der Waals surface area (Å²) in [5.74, 6) is 0. The molecule has 0 saturated carbocycles. The normalized spacial score (nSPS) is 10.4. The van der Waals surface area contributed by atoms with Gasteiger partial charge in [0.15, 0.2) is 5.15 Å². The van der Waals surface area contributed by atoms with E-state index >= 15 is 0 Å². The third kappa shape index (κ3) is 1.86. The van der Waals surface area contributed by atoms with Crippen LogP contribution >= 0.6 is 22.9 Å². The van der Waals surface area contributed by atoms with E-state index < -0.39 is 0 Å². The van der Waals surface area contributed by atoms with Crippen LogP contribution in [0.15, 0.2) is 34.7 Å². The van der Waals surface area contributed by atoms with Crippen LogP contribution in [0.3, 0.4) is 0 Å². The van der Waals surface area contributed by atoms with Crippen molar-refractivity contribution in [3.63, 3.8) is 0 Å². The molecule has 0 aliphatic rings. The van der Waals surface area contributed by atoms with Gasteiger partial charge < -0.3 is 4.57 Å². The van der Waals surface area contributed by atoms with Crippen molar-refractivity contribution in [1.29, 1.82) is 0 Å². The number of hydrogen-bond donors (Lipinski definition) is 0. The maximum Gasteiger partial charge on any atom is 0.288 e. The van der Waals surface area contributed by atoms with Gasteiger partial charge in [0.05, 0.1) is 6.54 Å². The maximum atomic E-state index is 11.5. The van der Waals surface area contributed by atoms with E-state index in [0.717, 1.165) is 4.88 Å². The molecule has 0 amide bonds. The highest BCUT2D eigenvalue weighted by Crippen LogP contribution is 2.09. The van der Waals surface area contributed by atoms with Crippen LogP contribution in [0.5, 0.6) is 0 Å². The first-order chi connectivity index (χ1) is 6.77. The first-order valence-electron chi connectivity index (χ1n) is 4.01. The van der Waals surface area contributed by atoms with Gasteiger partial charge in [0.25, 0.3) is 5.56 Å². The number of halogens is 1. The molecule has 14 heavy (non-hydrogen) atoms. The Balaban J connectivity index is 2.34. The lowest BCUT2D eigenvalue weighted by Crippen LogP contribution is -2.20. The monoisotopic (exact) mass is 226 g/mol. The predicted octanol–water partition coefficient (Wildman–Crippen LogP) is 2.01. The second kappa shape index (κ2) is 3.94. The smallest absolute Gasteiger partial charge is 0.288 e. The fourth-order valence-electron chi connectivity index (χ4n) is 1.12. The molecule has 0 N–H and O–H groups in total. The summed E-state index contributed by atoms with van der Waals surface area (Å²) in [6.07, 6.45) is 3.16. The van der Waals surface area contributed by atoms with Crippen LogP contribution in [0.2, 0.25) is 5.15 Å². The molecule has 0 bridgehead atoms. The van der Waals surface area contributed by atoms with E-state index in [1.165, 1.54) is 6.20 Å². The number of aromatic nitrogens is 2. The summed E-state index contributed by atoms with van der Waals surface area (Å²) in [4.78, 5) is 16.3. The van der Waals surface area contributed by atoms with Gasteiger partial charge in [0.2, 0.25) is 0 Å². The summed E-state index contributed by atoms with van der Waals surface area (Å²) >= 11 is 7.22. The molecule has 0 radical (unpaired) electrons. The molecule has 3 nitrogen and oxygen atoms in total. The van der Waals surface area contributed by atoms with E-state index in [9.17, 15) is 4.79 Å². The second-order valence-electron chi connectivity index (χ2n) is 2.73. The number of thiophene rings is 1. The molecule has 2 aromatic rings. The average molecular weight is 227 g/mol. The molecule has 2 rings (SSSR count). The van der Waals surface area contributed by atoms with Crippen LogP contribution in [0.25, 0.3) is 0 Å². The molecule has 2 aromatic heterocycles. The Morgan fingerprint density at radius 2 is 2.43 bits per heavy atom. The Kier molecular flexibility index (Phi) is 2.65. The summed E-state index contributed by atoms with van der Waals surface area (Å²) in [6.45, 7) is 0.554. The highest BCUT2D eigenvalue weighted by Gasteiger charge is 2.02. The fourth-order valence-corrected chi connectivity index (χ4v) is 1.98. The number of nitrogens with zero attached hydrogens (tertiary/aromatic N) is 2. The molecule has 0 aromatic carbocycles. The van der Waals surface area contributed by atoms with E-state index in [1.54, 1.807) is 22.1 Å². The molecule has 0 saturated heterocycles. The van der Waals surface area contributed by atoms with Crippen LogP contribution < -0.4 is 5.56 Å². The zero-order valence-corrected chi connectivity index (χ0v) is 8.76. The third-order valence-corrected chi connectivity index (χ3v) is 2.90. The Bertz CT molecular complexity index is 478. The molecule has 5 heteroatoms. The summed E-state index contributed by atoms with van der Waals surface area (Å²) in [6, 6.07) is 3.93. The minimum atomic E-state index is -0.248. The lowest BCUT2D eigenvalue weighted by Gasteiger charge is -2.02. The maximum absolute atomic E-state index is 11.5. The SMILES string of the molecule is O=c1c(Cl)nccn1Cc1cccs1. The van der Waals surface area contributed by atoms with Gasteiger partial charge in [0.1, 0.15) is 0 Å². The van der Waals surface area contributed by atoms with Crippen LogP contribution in [-0.4, -0.2) is 9.55 Å². The van der Waals surface area contributed by atoms with Gasteiger partial charge in [-0.05, 0) is 11.4 Å². The number of rotatable bonds is 2. The van der Waals surface area contributed by atoms with Crippen molar-refractivity contribution in [3.05, 3.63) is 50.3 Å². The van der Waals surface area contributed by atoms with E-state index in [2.05, 4.69) is 4.98 Å². The van der Waals surface area contributed by atoms with E-state index in [4.69, 9.17) is 11.6 Å². The average Bonchev–Trinajstić information content (AvgIpc) is 2.66. The lowest BCUT2D eigenvalue weighted by molar-refractivity contribution is 0.758. The van der Waals surface area contributed by atoms with Crippen molar-refractivity contribution < 1.29 is 0 Å². The second-order valence-corrected chi connectivity index (χ2v) is 4.12.